The Kier molecular flexibility index (Phi) is 9.84. The largest absolute Gasteiger partial charge is 0.444 e. The number of likely N-dealkylation sites (tertiary alicyclic amines) is 1. The number of carbonyl (C=O) groups is 3. The number of nitrogens with one attached hydrogen (secondary N) is 1. The van der Waals surface area contributed by atoms with Crippen LogP contribution < -0.4 is 5.32 Å². The molecule has 0 unspecified atom stereocenters. The topological polar surface area (TPSA) is 111 Å². The zero-order chi connectivity index (χ0) is 31.2. The average Bonchev–Trinajstić information content (AvgIpc) is 2.93. The van der Waals surface area contributed by atoms with E-state index in [-0.39, 0.29) is 18.3 Å². The summed E-state index contributed by atoms with van der Waals surface area (Å²) < 4.78 is 10.9. The van der Waals surface area contributed by atoms with Gasteiger partial charge in [0, 0.05) is 44.0 Å². The molecule has 0 atom stereocenters. The molecule has 0 radical (unpaired) electrons. The van der Waals surface area contributed by atoms with Crippen LogP contribution in [-0.2, 0) is 22.3 Å². The van der Waals surface area contributed by atoms with E-state index < -0.39 is 17.3 Å². The van der Waals surface area contributed by atoms with Crippen molar-refractivity contribution in [2.24, 2.45) is 5.92 Å². The van der Waals surface area contributed by atoms with E-state index in [1.807, 2.05) is 63.2 Å². The summed E-state index contributed by atoms with van der Waals surface area (Å²) in [6.07, 6.45) is 4.70. The number of piperidine rings is 1. The van der Waals surface area contributed by atoms with Gasteiger partial charge in [0.2, 0.25) is 0 Å². The highest BCUT2D eigenvalue weighted by molar-refractivity contribution is 5.98. The van der Waals surface area contributed by atoms with Gasteiger partial charge in [0.05, 0.1) is 5.56 Å². The third kappa shape index (κ3) is 9.63. The lowest BCUT2D eigenvalue weighted by molar-refractivity contribution is 0.0183. The van der Waals surface area contributed by atoms with Gasteiger partial charge in [-0.3, -0.25) is 10.1 Å². The second-order valence-electron chi connectivity index (χ2n) is 13.0. The highest BCUT2D eigenvalue weighted by Gasteiger charge is 2.27. The number of hydrogen-bond acceptors (Lipinski definition) is 7. The number of anilines is 1. The molecule has 1 aromatic heterocycles. The smallest absolute Gasteiger partial charge is 0.412 e. The van der Waals surface area contributed by atoms with Crippen molar-refractivity contribution < 1.29 is 23.9 Å². The Bertz CT molecular complexity index is 1420. The molecule has 4 rings (SSSR count). The van der Waals surface area contributed by atoms with Crippen LogP contribution in [0, 0.1) is 5.92 Å². The van der Waals surface area contributed by atoms with Crippen molar-refractivity contribution in [3.63, 3.8) is 0 Å². The minimum absolute atomic E-state index is 0.0532. The van der Waals surface area contributed by atoms with Crippen molar-refractivity contribution in [2.75, 3.05) is 18.4 Å². The van der Waals surface area contributed by atoms with Gasteiger partial charge < -0.3 is 14.4 Å². The second kappa shape index (κ2) is 13.4. The number of carbonyl (C=O) groups excluding carboxylic acids is 3. The van der Waals surface area contributed by atoms with E-state index in [0.29, 0.717) is 48.1 Å². The fraction of sp³-hybridized carbons (Fsp3) is 0.441. The lowest BCUT2D eigenvalue weighted by atomic mass is 9.93. The Morgan fingerprint density at radius 2 is 1.49 bits per heavy atom. The number of benzene rings is 2. The summed E-state index contributed by atoms with van der Waals surface area (Å²) in [5, 5.41) is 2.80. The van der Waals surface area contributed by atoms with Gasteiger partial charge in [0.1, 0.15) is 17.0 Å². The molecule has 0 spiro atoms. The molecule has 0 saturated carbocycles. The van der Waals surface area contributed by atoms with Gasteiger partial charge in [-0.25, -0.2) is 19.6 Å². The molecule has 2 heterocycles. The fourth-order valence-corrected chi connectivity index (χ4v) is 4.87. The number of amides is 2. The van der Waals surface area contributed by atoms with Crippen LogP contribution in [0.1, 0.15) is 76.1 Å². The van der Waals surface area contributed by atoms with E-state index in [1.54, 1.807) is 44.1 Å². The minimum atomic E-state index is -0.655. The van der Waals surface area contributed by atoms with E-state index in [0.717, 1.165) is 24.0 Å². The SMILES string of the molecule is CC(C)(C)OC(=O)Nc1ccc(-c2ccccc2)cc1CC(=O)c1cnc(CC2CCN(C(=O)OC(C)(C)C)CC2)nc1. The first kappa shape index (κ1) is 31.7. The third-order valence-electron chi connectivity index (χ3n) is 6.96. The van der Waals surface area contributed by atoms with E-state index in [1.165, 1.54) is 0 Å². The average molecular weight is 587 g/mol. The van der Waals surface area contributed by atoms with E-state index in [4.69, 9.17) is 9.47 Å². The summed E-state index contributed by atoms with van der Waals surface area (Å²) in [6, 6.07) is 15.5. The van der Waals surface area contributed by atoms with Crippen molar-refractivity contribution >= 4 is 23.7 Å². The van der Waals surface area contributed by atoms with Crippen LogP contribution in [0.4, 0.5) is 15.3 Å². The van der Waals surface area contributed by atoms with Crippen molar-refractivity contribution in [1.29, 1.82) is 0 Å². The molecule has 1 fully saturated rings. The maximum absolute atomic E-state index is 13.4. The molecule has 1 saturated heterocycles. The molecule has 9 nitrogen and oxygen atoms in total. The number of ketones is 1. The van der Waals surface area contributed by atoms with Gasteiger partial charge >= 0.3 is 12.2 Å². The van der Waals surface area contributed by atoms with Gasteiger partial charge in [0.25, 0.3) is 0 Å². The van der Waals surface area contributed by atoms with Crippen LogP contribution >= 0.6 is 0 Å². The van der Waals surface area contributed by atoms with Crippen LogP contribution in [0.25, 0.3) is 11.1 Å². The monoisotopic (exact) mass is 586 g/mol. The van der Waals surface area contributed by atoms with Crippen LogP contribution in [0.5, 0.6) is 0 Å². The summed E-state index contributed by atoms with van der Waals surface area (Å²) in [7, 11) is 0. The van der Waals surface area contributed by atoms with E-state index >= 15 is 0 Å². The van der Waals surface area contributed by atoms with Crippen molar-refractivity contribution in [3.05, 3.63) is 77.9 Å². The Hall–Kier alpha value is -4.27. The quantitative estimate of drug-likeness (QED) is 0.294. The molecule has 2 amide bonds. The molecule has 43 heavy (non-hydrogen) atoms. The zero-order valence-electron chi connectivity index (χ0n) is 26.0. The molecule has 0 bridgehead atoms. The Labute approximate surface area is 254 Å². The van der Waals surface area contributed by atoms with Crippen LogP contribution in [0.2, 0.25) is 0 Å². The molecule has 1 N–H and O–H groups in total. The van der Waals surface area contributed by atoms with Crippen molar-refractivity contribution in [1.82, 2.24) is 14.9 Å². The van der Waals surface area contributed by atoms with Gasteiger partial charge in [-0.2, -0.15) is 0 Å². The van der Waals surface area contributed by atoms with Gasteiger partial charge in [-0.05, 0) is 89.1 Å². The van der Waals surface area contributed by atoms with Crippen molar-refractivity contribution in [3.8, 4) is 11.1 Å². The summed E-state index contributed by atoms with van der Waals surface area (Å²) in [5.41, 5.74) is 2.35. The first-order valence-corrected chi connectivity index (χ1v) is 14.8. The highest BCUT2D eigenvalue weighted by Crippen LogP contribution is 2.27. The lowest BCUT2D eigenvalue weighted by Crippen LogP contribution is -2.42. The van der Waals surface area contributed by atoms with Crippen LogP contribution in [0.3, 0.4) is 0 Å². The number of hydrogen-bond donors (Lipinski definition) is 1. The predicted molar refractivity (Wildman–Crippen MR) is 166 cm³/mol. The first-order chi connectivity index (χ1) is 20.3. The zero-order valence-corrected chi connectivity index (χ0v) is 26.0. The summed E-state index contributed by atoms with van der Waals surface area (Å²) >= 11 is 0. The Morgan fingerprint density at radius 1 is 0.860 bits per heavy atom. The normalized spacial score (nSPS) is 14.2. The standard InChI is InChI=1S/C34H42N4O5/c1-33(2,3)42-31(40)37-28-13-12-25(24-10-8-7-9-11-24)19-26(28)20-29(39)27-21-35-30(36-22-27)18-23-14-16-38(17-15-23)32(41)43-34(4,5)6/h7-13,19,21-23H,14-18,20H2,1-6H3,(H,37,40). The van der Waals surface area contributed by atoms with Gasteiger partial charge in [0.15, 0.2) is 5.78 Å². The number of nitrogens with zero attached hydrogens (tertiary/aromatic N) is 3. The van der Waals surface area contributed by atoms with E-state index in [2.05, 4.69) is 15.3 Å². The maximum atomic E-state index is 13.4. The molecule has 2 aromatic carbocycles. The Balaban J connectivity index is 1.41. The number of rotatable bonds is 7. The van der Waals surface area contributed by atoms with Crippen LogP contribution in [0.15, 0.2) is 60.9 Å². The molecular formula is C34H42N4O5. The molecule has 9 heteroatoms. The third-order valence-corrected chi connectivity index (χ3v) is 6.96. The number of Topliss-reactive ketones (excluding diaryl/α,β-unsaturated/α-hetero) is 1. The summed E-state index contributed by atoms with van der Waals surface area (Å²) in [6.45, 7) is 12.3. The molecule has 0 aliphatic carbocycles. The Morgan fingerprint density at radius 3 is 2.09 bits per heavy atom. The second-order valence-corrected chi connectivity index (χ2v) is 13.0. The first-order valence-electron chi connectivity index (χ1n) is 14.8. The lowest BCUT2D eigenvalue weighted by Gasteiger charge is -2.33. The van der Waals surface area contributed by atoms with Crippen LogP contribution in [-0.4, -0.2) is 57.1 Å². The van der Waals surface area contributed by atoms with Gasteiger partial charge in [-0.15, -0.1) is 0 Å². The summed E-state index contributed by atoms with van der Waals surface area (Å²) in [4.78, 5) is 49.0. The number of ether oxygens (including phenoxy) is 2. The molecule has 1 aliphatic rings. The van der Waals surface area contributed by atoms with E-state index in [9.17, 15) is 14.4 Å². The fourth-order valence-electron chi connectivity index (χ4n) is 4.87. The minimum Gasteiger partial charge on any atom is -0.444 e. The molecule has 1 aliphatic heterocycles. The highest BCUT2D eigenvalue weighted by atomic mass is 16.6. The molecule has 228 valence electrons. The molecular weight excluding hydrogens is 544 g/mol. The maximum Gasteiger partial charge on any atom is 0.412 e. The van der Waals surface area contributed by atoms with Crippen molar-refractivity contribution in [2.45, 2.75) is 78.4 Å². The van der Waals surface area contributed by atoms with Gasteiger partial charge in [-0.1, -0.05) is 36.4 Å². The molecule has 3 aromatic rings. The summed E-state index contributed by atoms with van der Waals surface area (Å²) in [5.74, 6) is 0.864. The number of aromatic nitrogens is 2. The predicted octanol–water partition coefficient (Wildman–Crippen LogP) is 7.11.